The molecule has 1 aromatic heterocycles. The molecule has 1 aromatic carbocycles. The van der Waals surface area contributed by atoms with Crippen molar-refractivity contribution in [2.75, 3.05) is 13.2 Å². The fourth-order valence-corrected chi connectivity index (χ4v) is 6.51. The summed E-state index contributed by atoms with van der Waals surface area (Å²) in [6, 6.07) is 8.69. The third-order valence-electron chi connectivity index (χ3n) is 6.68. The van der Waals surface area contributed by atoms with E-state index < -0.39 is 16.1 Å². The number of sulfonamides is 1. The van der Waals surface area contributed by atoms with Crippen LogP contribution in [0.15, 0.2) is 36.5 Å². The lowest BCUT2D eigenvalue weighted by atomic mass is 9.86. The van der Waals surface area contributed by atoms with Crippen molar-refractivity contribution in [1.82, 2.24) is 19.7 Å². The molecule has 3 fully saturated rings. The molecule has 2 aromatic rings. The number of hydrogen-bond acceptors (Lipinski definition) is 6. The molecule has 0 unspecified atom stereocenters. The van der Waals surface area contributed by atoms with Crippen LogP contribution in [0.5, 0.6) is 0 Å². The van der Waals surface area contributed by atoms with Crippen molar-refractivity contribution in [2.45, 2.75) is 68.6 Å². The van der Waals surface area contributed by atoms with Crippen molar-refractivity contribution >= 4 is 10.0 Å². The van der Waals surface area contributed by atoms with E-state index in [2.05, 4.69) is 15.0 Å². The summed E-state index contributed by atoms with van der Waals surface area (Å²) in [5, 5.41) is 8.73. The Bertz CT molecular complexity index is 974. The molecule has 31 heavy (non-hydrogen) atoms. The van der Waals surface area contributed by atoms with E-state index in [1.165, 1.54) is 32.1 Å². The lowest BCUT2D eigenvalue weighted by molar-refractivity contribution is 0.0624. The molecule has 3 aliphatic rings. The van der Waals surface area contributed by atoms with E-state index in [0.29, 0.717) is 19.1 Å². The van der Waals surface area contributed by atoms with Crippen molar-refractivity contribution in [1.29, 1.82) is 0 Å². The topological polar surface area (TPSA) is 95.3 Å². The fourth-order valence-electron chi connectivity index (χ4n) is 5.13. The third kappa shape index (κ3) is 4.84. The van der Waals surface area contributed by atoms with E-state index in [4.69, 9.17) is 9.47 Å². The number of fused-ring (bicyclic) bond motifs is 1. The molecule has 3 heterocycles. The molecule has 8 nitrogen and oxygen atoms in total. The zero-order valence-electron chi connectivity index (χ0n) is 17.6. The number of hydrogen-bond donors (Lipinski definition) is 1. The Labute approximate surface area is 183 Å². The molecule has 0 amide bonds. The molecular weight excluding hydrogens is 416 g/mol. The van der Waals surface area contributed by atoms with Crippen LogP contribution in [0.2, 0.25) is 0 Å². The molecule has 1 N–H and O–H groups in total. The van der Waals surface area contributed by atoms with Crippen molar-refractivity contribution in [3.63, 3.8) is 0 Å². The molecule has 5 rings (SSSR count). The average Bonchev–Trinajstić information content (AvgIpc) is 3.47. The van der Waals surface area contributed by atoms with Crippen molar-refractivity contribution < 1.29 is 17.9 Å². The Kier molecular flexibility index (Phi) is 6.10. The van der Waals surface area contributed by atoms with Gasteiger partial charge in [-0.05, 0) is 17.9 Å². The van der Waals surface area contributed by atoms with Gasteiger partial charge in [0.1, 0.15) is 18.2 Å². The highest BCUT2D eigenvalue weighted by molar-refractivity contribution is 7.88. The van der Waals surface area contributed by atoms with Gasteiger partial charge in [0.25, 0.3) is 0 Å². The summed E-state index contributed by atoms with van der Waals surface area (Å²) in [5.41, 5.74) is 1.78. The zero-order valence-corrected chi connectivity index (χ0v) is 18.4. The maximum Gasteiger partial charge on any atom is 0.216 e. The Hall–Kier alpha value is -1.81. The molecule has 2 saturated heterocycles. The highest BCUT2D eigenvalue weighted by Crippen LogP contribution is 2.34. The summed E-state index contributed by atoms with van der Waals surface area (Å²) < 4.78 is 41.9. The second-order valence-electron chi connectivity index (χ2n) is 9.03. The first-order valence-corrected chi connectivity index (χ1v) is 12.9. The lowest BCUT2D eigenvalue weighted by Gasteiger charge is -2.20. The first kappa shape index (κ1) is 21.1. The molecule has 1 aliphatic carbocycles. The molecule has 9 heteroatoms. The van der Waals surface area contributed by atoms with Crippen LogP contribution in [-0.2, 0) is 31.7 Å². The van der Waals surface area contributed by atoms with Gasteiger partial charge in [0.05, 0.1) is 30.7 Å². The predicted molar refractivity (Wildman–Crippen MR) is 115 cm³/mol. The van der Waals surface area contributed by atoms with E-state index in [9.17, 15) is 8.42 Å². The van der Waals surface area contributed by atoms with Crippen LogP contribution in [0.4, 0.5) is 0 Å². The SMILES string of the molecule is O=S(=O)(Cc1ccccc1)N[C@H]1CO[C@H]2[C@@H]1OC[C@@H]2n1cc(CC2CCCCC2)nn1. The van der Waals surface area contributed by atoms with Crippen LogP contribution in [0.1, 0.15) is 49.4 Å². The van der Waals surface area contributed by atoms with Gasteiger partial charge in [-0.1, -0.05) is 67.6 Å². The molecule has 168 valence electrons. The first-order valence-electron chi connectivity index (χ1n) is 11.3. The van der Waals surface area contributed by atoms with Gasteiger partial charge >= 0.3 is 0 Å². The molecule has 1 saturated carbocycles. The third-order valence-corrected chi connectivity index (χ3v) is 8.05. The van der Waals surface area contributed by atoms with E-state index in [0.717, 1.165) is 17.7 Å². The Morgan fingerprint density at radius 1 is 1.03 bits per heavy atom. The largest absolute Gasteiger partial charge is 0.371 e. The van der Waals surface area contributed by atoms with Gasteiger partial charge in [0.2, 0.25) is 10.0 Å². The maximum atomic E-state index is 12.6. The van der Waals surface area contributed by atoms with Crippen molar-refractivity contribution in [3.05, 3.63) is 47.8 Å². The van der Waals surface area contributed by atoms with E-state index >= 15 is 0 Å². The van der Waals surface area contributed by atoms with Crippen LogP contribution < -0.4 is 4.72 Å². The minimum atomic E-state index is -3.50. The van der Waals surface area contributed by atoms with Gasteiger partial charge in [-0.2, -0.15) is 0 Å². The van der Waals surface area contributed by atoms with Crippen LogP contribution in [-0.4, -0.2) is 54.9 Å². The number of aromatic nitrogens is 3. The zero-order chi connectivity index (χ0) is 21.3. The summed E-state index contributed by atoms with van der Waals surface area (Å²) in [7, 11) is -3.50. The van der Waals surface area contributed by atoms with Crippen LogP contribution in [0, 0.1) is 5.92 Å². The number of rotatable bonds is 7. The highest BCUT2D eigenvalue weighted by atomic mass is 32.2. The molecule has 2 aliphatic heterocycles. The normalized spacial score (nSPS) is 29.3. The van der Waals surface area contributed by atoms with Gasteiger partial charge in [-0.25, -0.2) is 17.8 Å². The average molecular weight is 447 g/mol. The quantitative estimate of drug-likeness (QED) is 0.701. The summed E-state index contributed by atoms with van der Waals surface area (Å²) in [4.78, 5) is 0. The van der Waals surface area contributed by atoms with Gasteiger partial charge in [-0.3, -0.25) is 0 Å². The van der Waals surface area contributed by atoms with Gasteiger partial charge in [0, 0.05) is 6.20 Å². The second-order valence-corrected chi connectivity index (χ2v) is 10.8. The molecule has 0 spiro atoms. The Balaban J connectivity index is 1.20. The molecule has 0 bridgehead atoms. The van der Waals surface area contributed by atoms with Gasteiger partial charge in [-0.15, -0.1) is 5.10 Å². The standard InChI is InChI=1S/C22H30N4O4S/c27-31(28,15-17-9-5-2-6-10-17)24-19-13-29-22-20(14-30-21(19)22)26-12-18(23-25-26)11-16-7-3-1-4-8-16/h2,5-6,9-10,12,16,19-22,24H,1,3-4,7-8,11,13-15H2/t19-,20-,21+,22+/m0/s1. The van der Waals surface area contributed by atoms with Crippen LogP contribution in [0.3, 0.4) is 0 Å². The van der Waals surface area contributed by atoms with Crippen molar-refractivity contribution in [2.24, 2.45) is 5.92 Å². The molecule has 4 atom stereocenters. The lowest BCUT2D eigenvalue weighted by Crippen LogP contribution is -2.44. The fraction of sp³-hybridized carbons (Fsp3) is 0.636. The van der Waals surface area contributed by atoms with Crippen LogP contribution >= 0.6 is 0 Å². The van der Waals surface area contributed by atoms with E-state index in [1.54, 1.807) is 0 Å². The molecular formula is C22H30N4O4S. The minimum absolute atomic E-state index is 0.0568. The van der Waals surface area contributed by atoms with E-state index in [1.807, 2.05) is 41.2 Å². The Morgan fingerprint density at radius 2 is 1.81 bits per heavy atom. The summed E-state index contributed by atoms with van der Waals surface area (Å²) >= 11 is 0. The van der Waals surface area contributed by atoms with Crippen molar-refractivity contribution in [3.8, 4) is 0 Å². The summed E-state index contributed by atoms with van der Waals surface area (Å²) in [5.74, 6) is 0.649. The number of nitrogens with one attached hydrogen (secondary N) is 1. The predicted octanol–water partition coefficient (Wildman–Crippen LogP) is 2.23. The maximum absolute atomic E-state index is 12.6. The number of nitrogens with zero attached hydrogens (tertiary/aromatic N) is 3. The smallest absolute Gasteiger partial charge is 0.216 e. The highest BCUT2D eigenvalue weighted by Gasteiger charge is 2.49. The first-order chi connectivity index (χ1) is 15.1. The molecule has 0 radical (unpaired) electrons. The van der Waals surface area contributed by atoms with Gasteiger partial charge < -0.3 is 9.47 Å². The summed E-state index contributed by atoms with van der Waals surface area (Å²) in [6.45, 7) is 0.738. The summed E-state index contributed by atoms with van der Waals surface area (Å²) in [6.07, 6.45) is 8.97. The number of ether oxygens (including phenoxy) is 2. The minimum Gasteiger partial charge on any atom is -0.371 e. The Morgan fingerprint density at radius 3 is 2.61 bits per heavy atom. The van der Waals surface area contributed by atoms with Gasteiger partial charge in [0.15, 0.2) is 0 Å². The van der Waals surface area contributed by atoms with E-state index in [-0.39, 0.29) is 24.0 Å². The monoisotopic (exact) mass is 446 g/mol. The van der Waals surface area contributed by atoms with Crippen LogP contribution in [0.25, 0.3) is 0 Å². The second kappa shape index (κ2) is 8.97. The number of benzene rings is 1.